The van der Waals surface area contributed by atoms with E-state index in [1.165, 1.54) is 29.2 Å². The van der Waals surface area contributed by atoms with Crippen LogP contribution in [0.4, 0.5) is 13.6 Å². The topological polar surface area (TPSA) is 128 Å². The van der Waals surface area contributed by atoms with Gasteiger partial charge in [0.2, 0.25) is 0 Å². The fourth-order valence-electron chi connectivity index (χ4n) is 2.76. The molecule has 156 valence electrons. The lowest BCUT2D eigenvalue weighted by Crippen LogP contribution is -2.57. The number of nitrogens with one attached hydrogen (secondary N) is 1. The lowest BCUT2D eigenvalue weighted by Gasteiger charge is -2.35. The van der Waals surface area contributed by atoms with Gasteiger partial charge in [0.1, 0.15) is 12.1 Å². The highest BCUT2D eigenvalue weighted by atomic mass is 32.2. The van der Waals surface area contributed by atoms with Gasteiger partial charge in [0.25, 0.3) is 0 Å². The van der Waals surface area contributed by atoms with Gasteiger partial charge in [0, 0.05) is 13.1 Å². The summed E-state index contributed by atoms with van der Waals surface area (Å²) < 4.78 is 59.0. The van der Waals surface area contributed by atoms with Gasteiger partial charge in [-0.25, -0.2) is 9.59 Å². The Kier molecular flexibility index (Phi) is 8.23. The number of morpholine rings is 1. The van der Waals surface area contributed by atoms with Crippen molar-refractivity contribution >= 4 is 23.1 Å². The van der Waals surface area contributed by atoms with Crippen LogP contribution in [0.3, 0.4) is 0 Å². The third-order valence-electron chi connectivity index (χ3n) is 4.07. The van der Waals surface area contributed by atoms with Crippen molar-refractivity contribution in [1.29, 1.82) is 0 Å². The first-order chi connectivity index (χ1) is 13.3. The molecule has 2 rings (SSSR count). The van der Waals surface area contributed by atoms with Gasteiger partial charge in [-0.15, -0.1) is 0 Å². The third-order valence-corrected chi connectivity index (χ3v) is 5.03. The number of hydrogen-bond donors (Lipinski definition) is 2. The summed E-state index contributed by atoms with van der Waals surface area (Å²) in [7, 11) is 0. The second-order valence-corrected chi connectivity index (χ2v) is 6.88. The minimum absolute atomic E-state index is 0.0314. The predicted octanol–water partition coefficient (Wildman–Crippen LogP) is 0.710. The van der Waals surface area contributed by atoms with Gasteiger partial charge >= 0.3 is 18.6 Å². The molecule has 9 nitrogen and oxygen atoms in total. The van der Waals surface area contributed by atoms with E-state index >= 15 is 0 Å². The molecule has 0 spiro atoms. The number of halogens is 2. The van der Waals surface area contributed by atoms with Gasteiger partial charge in [0.15, 0.2) is 0 Å². The number of ether oxygens (including phenoxy) is 2. The Hall–Kier alpha value is -2.15. The molecule has 1 aromatic rings. The van der Waals surface area contributed by atoms with Crippen LogP contribution in [-0.2, 0) is 25.3 Å². The summed E-state index contributed by atoms with van der Waals surface area (Å²) in [6.45, 7) is -2.52. The largest absolute Gasteiger partial charge is 0.772 e. The number of carbonyl (C=O) groups excluding carboxylic acids is 1. The monoisotopic (exact) mass is 421 g/mol. The average Bonchev–Trinajstić information content (AvgIpc) is 2.67. The van der Waals surface area contributed by atoms with E-state index in [-0.39, 0.29) is 31.9 Å². The maximum absolute atomic E-state index is 12.9. The smallest absolute Gasteiger partial charge is 0.345 e. The highest BCUT2D eigenvalue weighted by Crippen LogP contribution is 2.29. The molecule has 4 atom stereocenters. The SMILES string of the molecule is O=C(O)C(NC(=O)N1CCOCC1)C(C(OC(F)F)c1ccccc1)S(=O)[O-]. The Morgan fingerprint density at radius 2 is 1.86 bits per heavy atom. The van der Waals surface area contributed by atoms with Gasteiger partial charge < -0.3 is 29.3 Å². The third kappa shape index (κ3) is 5.92. The zero-order chi connectivity index (χ0) is 20.7. The highest BCUT2D eigenvalue weighted by Gasteiger charge is 2.40. The highest BCUT2D eigenvalue weighted by molar-refractivity contribution is 7.80. The molecule has 12 heteroatoms. The van der Waals surface area contributed by atoms with Crippen LogP contribution in [0.15, 0.2) is 30.3 Å². The quantitative estimate of drug-likeness (QED) is 0.592. The van der Waals surface area contributed by atoms with Crippen LogP contribution in [0.1, 0.15) is 11.7 Å². The number of aliphatic carboxylic acids is 1. The van der Waals surface area contributed by atoms with Crippen molar-refractivity contribution in [2.45, 2.75) is 24.0 Å². The Balaban J connectivity index is 2.32. The summed E-state index contributed by atoms with van der Waals surface area (Å²) in [5.74, 6) is -1.70. The summed E-state index contributed by atoms with van der Waals surface area (Å²) in [4.78, 5) is 25.3. The Labute approximate surface area is 161 Å². The number of carboxylic acids is 1. The van der Waals surface area contributed by atoms with Crippen LogP contribution in [0.2, 0.25) is 0 Å². The molecule has 1 heterocycles. The molecule has 0 aromatic heterocycles. The minimum Gasteiger partial charge on any atom is -0.772 e. The molecule has 2 amide bonds. The number of rotatable bonds is 8. The molecule has 4 unspecified atom stereocenters. The standard InChI is InChI=1S/C16H20F2N2O7S/c17-15(18)27-12(10-4-2-1-3-5-10)13(28(24)25)11(14(21)22)19-16(23)20-6-8-26-9-7-20/h1-5,11-13,15H,6-9H2,(H,19,23)(H,21,22)(H,24,25)/p-1. The number of carbonyl (C=O) groups is 2. The summed E-state index contributed by atoms with van der Waals surface area (Å²) >= 11 is -3.17. The van der Waals surface area contributed by atoms with Gasteiger partial charge in [0.05, 0.1) is 18.5 Å². The van der Waals surface area contributed by atoms with Crippen LogP contribution >= 0.6 is 0 Å². The number of amides is 2. The van der Waals surface area contributed by atoms with E-state index in [1.54, 1.807) is 6.07 Å². The number of hydrogen-bond acceptors (Lipinski definition) is 6. The number of urea groups is 1. The van der Waals surface area contributed by atoms with Crippen molar-refractivity contribution < 1.29 is 41.7 Å². The van der Waals surface area contributed by atoms with E-state index in [4.69, 9.17) is 4.74 Å². The number of benzene rings is 1. The van der Waals surface area contributed by atoms with Crippen LogP contribution in [-0.4, -0.2) is 75.0 Å². The van der Waals surface area contributed by atoms with Gasteiger partial charge in [-0.2, -0.15) is 8.78 Å². The van der Waals surface area contributed by atoms with Crippen molar-refractivity contribution in [3.63, 3.8) is 0 Å². The van der Waals surface area contributed by atoms with Crippen molar-refractivity contribution in [1.82, 2.24) is 10.2 Å². The zero-order valence-electron chi connectivity index (χ0n) is 14.5. The molecule has 28 heavy (non-hydrogen) atoms. The molecule has 1 saturated heterocycles. The maximum atomic E-state index is 12.9. The van der Waals surface area contributed by atoms with Crippen molar-refractivity contribution in [3.05, 3.63) is 35.9 Å². The van der Waals surface area contributed by atoms with Gasteiger partial charge in [-0.3, -0.25) is 4.21 Å². The van der Waals surface area contributed by atoms with E-state index < -0.39 is 47.1 Å². The van der Waals surface area contributed by atoms with Crippen LogP contribution in [0, 0.1) is 0 Å². The summed E-state index contributed by atoms with van der Waals surface area (Å²) in [6.07, 6.45) is -1.81. The van der Waals surface area contributed by atoms with Crippen molar-refractivity contribution in [2.75, 3.05) is 26.3 Å². The van der Waals surface area contributed by atoms with E-state index in [1.807, 2.05) is 0 Å². The van der Waals surface area contributed by atoms with Crippen LogP contribution < -0.4 is 5.32 Å². The van der Waals surface area contributed by atoms with E-state index in [0.29, 0.717) is 0 Å². The van der Waals surface area contributed by atoms with E-state index in [0.717, 1.165) is 0 Å². The molecule has 1 aliphatic rings. The molecule has 0 radical (unpaired) electrons. The maximum Gasteiger partial charge on any atom is 0.345 e. The van der Waals surface area contributed by atoms with Gasteiger partial charge in [-0.05, 0) is 16.6 Å². The fraction of sp³-hybridized carbons (Fsp3) is 0.500. The Bertz CT molecular complexity index is 689. The second-order valence-electron chi connectivity index (χ2n) is 5.82. The number of carboxylic acid groups (broad SMARTS) is 1. The minimum atomic E-state index is -3.36. The average molecular weight is 421 g/mol. The lowest BCUT2D eigenvalue weighted by molar-refractivity contribution is -0.169. The first-order valence-corrected chi connectivity index (χ1v) is 9.37. The normalized spacial score (nSPS) is 18.9. The first kappa shape index (κ1) is 22.1. The molecular weight excluding hydrogens is 402 g/mol. The fourth-order valence-corrected chi connectivity index (χ4v) is 3.59. The lowest BCUT2D eigenvalue weighted by atomic mass is 10.0. The first-order valence-electron chi connectivity index (χ1n) is 8.24. The second kappa shape index (κ2) is 10.4. The molecule has 0 bridgehead atoms. The van der Waals surface area contributed by atoms with Crippen LogP contribution in [0.25, 0.3) is 0 Å². The van der Waals surface area contributed by atoms with E-state index in [2.05, 4.69) is 10.1 Å². The zero-order valence-corrected chi connectivity index (χ0v) is 15.3. The number of nitrogens with zero attached hydrogens (tertiary/aromatic N) is 1. The van der Waals surface area contributed by atoms with Crippen LogP contribution in [0.5, 0.6) is 0 Å². The predicted molar refractivity (Wildman–Crippen MR) is 91.3 cm³/mol. The summed E-state index contributed by atoms with van der Waals surface area (Å²) in [6, 6.07) is 4.30. The van der Waals surface area contributed by atoms with E-state index in [9.17, 15) is 32.2 Å². The molecule has 1 fully saturated rings. The summed E-state index contributed by atoms with van der Waals surface area (Å²) in [5, 5.41) is 9.60. The molecule has 0 aliphatic carbocycles. The molecule has 1 aromatic carbocycles. The van der Waals surface area contributed by atoms with Gasteiger partial charge in [-0.1, -0.05) is 30.3 Å². The Morgan fingerprint density at radius 1 is 1.25 bits per heavy atom. The summed E-state index contributed by atoms with van der Waals surface area (Å²) in [5.41, 5.74) is 0.0314. The molecule has 2 N–H and O–H groups in total. The molecule has 0 saturated carbocycles. The number of alkyl halides is 2. The van der Waals surface area contributed by atoms with Crippen molar-refractivity contribution in [2.24, 2.45) is 0 Å². The molecular formula is C16H19F2N2O7S-. The van der Waals surface area contributed by atoms with Crippen molar-refractivity contribution in [3.8, 4) is 0 Å². The Morgan fingerprint density at radius 3 is 2.36 bits per heavy atom. The molecule has 1 aliphatic heterocycles.